The highest BCUT2D eigenvalue weighted by atomic mass is 16.5. The fraction of sp³-hybridized carbons (Fsp3) is 0.600. The fourth-order valence-corrected chi connectivity index (χ4v) is 2.62. The Labute approximate surface area is 124 Å². The number of carbonyl (C=O) groups excluding carboxylic acids is 1. The normalized spacial score (nSPS) is 22.3. The molecule has 0 spiro atoms. The van der Waals surface area contributed by atoms with Crippen molar-refractivity contribution >= 4 is 11.7 Å². The molecular weight excluding hydrogens is 270 g/mol. The van der Waals surface area contributed by atoms with Crippen molar-refractivity contribution in [2.24, 2.45) is 0 Å². The molecule has 1 atom stereocenters. The van der Waals surface area contributed by atoms with Gasteiger partial charge >= 0.3 is 0 Å². The summed E-state index contributed by atoms with van der Waals surface area (Å²) in [7, 11) is 0. The van der Waals surface area contributed by atoms with Crippen molar-refractivity contribution in [1.29, 1.82) is 0 Å². The van der Waals surface area contributed by atoms with Crippen LogP contribution in [0, 0.1) is 0 Å². The number of anilines is 1. The number of aromatic nitrogens is 1. The molecule has 0 aromatic carbocycles. The summed E-state index contributed by atoms with van der Waals surface area (Å²) < 4.78 is 10.8. The summed E-state index contributed by atoms with van der Waals surface area (Å²) in [5.74, 6) is 0.698. The standard InChI is InChI=1S/C15H21N3O3/c19-15(16-11-12-3-2-8-21-12)13-4-1-5-14(17-13)18-6-9-20-10-7-18/h1,4-5,12H,2-3,6-11H2,(H,16,19). The van der Waals surface area contributed by atoms with Crippen molar-refractivity contribution in [2.45, 2.75) is 18.9 Å². The average Bonchev–Trinajstić information content (AvgIpc) is 3.07. The van der Waals surface area contributed by atoms with Crippen LogP contribution in [-0.4, -0.2) is 56.5 Å². The number of nitrogens with zero attached hydrogens (tertiary/aromatic N) is 2. The zero-order valence-corrected chi connectivity index (χ0v) is 12.1. The zero-order valence-electron chi connectivity index (χ0n) is 12.1. The maximum absolute atomic E-state index is 12.2. The largest absolute Gasteiger partial charge is 0.378 e. The van der Waals surface area contributed by atoms with Gasteiger partial charge in [-0.3, -0.25) is 4.79 Å². The lowest BCUT2D eigenvalue weighted by Crippen LogP contribution is -2.37. The van der Waals surface area contributed by atoms with Gasteiger partial charge in [0.05, 0.1) is 19.3 Å². The van der Waals surface area contributed by atoms with E-state index in [0.29, 0.717) is 25.5 Å². The topological polar surface area (TPSA) is 63.7 Å². The Morgan fingerprint density at radius 2 is 2.19 bits per heavy atom. The summed E-state index contributed by atoms with van der Waals surface area (Å²) in [5.41, 5.74) is 0.456. The van der Waals surface area contributed by atoms with Gasteiger partial charge in [-0.25, -0.2) is 4.98 Å². The lowest BCUT2D eigenvalue weighted by molar-refractivity contribution is 0.0853. The number of hydrogen-bond acceptors (Lipinski definition) is 5. The minimum atomic E-state index is -0.138. The van der Waals surface area contributed by atoms with Crippen LogP contribution in [0.5, 0.6) is 0 Å². The molecule has 0 bridgehead atoms. The first kappa shape index (κ1) is 14.3. The zero-order chi connectivity index (χ0) is 14.5. The van der Waals surface area contributed by atoms with Crippen molar-refractivity contribution < 1.29 is 14.3 Å². The summed E-state index contributed by atoms with van der Waals surface area (Å²) in [6.07, 6.45) is 2.24. The molecule has 1 amide bonds. The van der Waals surface area contributed by atoms with Crippen LogP contribution < -0.4 is 10.2 Å². The van der Waals surface area contributed by atoms with Gasteiger partial charge in [0, 0.05) is 26.2 Å². The predicted octanol–water partition coefficient (Wildman–Crippen LogP) is 0.827. The first-order valence-corrected chi connectivity index (χ1v) is 7.52. The molecule has 2 aliphatic heterocycles. The minimum absolute atomic E-state index is 0.138. The van der Waals surface area contributed by atoms with Crippen LogP contribution >= 0.6 is 0 Å². The molecule has 2 aliphatic rings. The molecule has 6 heteroatoms. The average molecular weight is 291 g/mol. The quantitative estimate of drug-likeness (QED) is 0.890. The molecule has 0 saturated carbocycles. The van der Waals surface area contributed by atoms with E-state index in [4.69, 9.17) is 9.47 Å². The van der Waals surface area contributed by atoms with Crippen molar-refractivity contribution in [2.75, 3.05) is 44.4 Å². The molecule has 0 radical (unpaired) electrons. The predicted molar refractivity (Wildman–Crippen MR) is 78.6 cm³/mol. The van der Waals surface area contributed by atoms with Gasteiger partial charge in [-0.2, -0.15) is 0 Å². The summed E-state index contributed by atoms with van der Waals surface area (Å²) in [4.78, 5) is 18.8. The van der Waals surface area contributed by atoms with Crippen LogP contribution in [0.25, 0.3) is 0 Å². The third-order valence-electron chi connectivity index (χ3n) is 3.82. The first-order chi connectivity index (χ1) is 10.3. The molecule has 6 nitrogen and oxygen atoms in total. The third-order valence-corrected chi connectivity index (χ3v) is 3.82. The van der Waals surface area contributed by atoms with Gasteiger partial charge in [0.25, 0.3) is 5.91 Å². The fourth-order valence-electron chi connectivity index (χ4n) is 2.62. The van der Waals surface area contributed by atoms with E-state index >= 15 is 0 Å². The van der Waals surface area contributed by atoms with Gasteiger partial charge in [-0.1, -0.05) is 6.07 Å². The molecule has 1 aromatic rings. The SMILES string of the molecule is O=C(NCC1CCCO1)c1cccc(N2CCOCC2)n1. The number of amides is 1. The number of ether oxygens (including phenoxy) is 2. The molecule has 0 aliphatic carbocycles. The molecule has 114 valence electrons. The second-order valence-electron chi connectivity index (χ2n) is 5.33. The number of rotatable bonds is 4. The van der Waals surface area contributed by atoms with Crippen LogP contribution in [-0.2, 0) is 9.47 Å². The highest BCUT2D eigenvalue weighted by Crippen LogP contribution is 2.14. The van der Waals surface area contributed by atoms with E-state index in [-0.39, 0.29) is 12.0 Å². The van der Waals surface area contributed by atoms with Crippen LogP contribution in [0.15, 0.2) is 18.2 Å². The van der Waals surface area contributed by atoms with Crippen LogP contribution in [0.3, 0.4) is 0 Å². The Hall–Kier alpha value is -1.66. The van der Waals surface area contributed by atoms with Crippen molar-refractivity contribution in [1.82, 2.24) is 10.3 Å². The Kier molecular flexibility index (Phi) is 4.67. The van der Waals surface area contributed by atoms with Gasteiger partial charge in [0.1, 0.15) is 11.5 Å². The number of pyridine rings is 1. The highest BCUT2D eigenvalue weighted by Gasteiger charge is 2.18. The molecule has 3 rings (SSSR count). The van der Waals surface area contributed by atoms with E-state index in [0.717, 1.165) is 38.4 Å². The van der Waals surface area contributed by atoms with E-state index in [1.807, 2.05) is 12.1 Å². The molecule has 3 heterocycles. The molecule has 2 fully saturated rings. The number of morpholine rings is 1. The second kappa shape index (κ2) is 6.87. The number of nitrogens with one attached hydrogen (secondary N) is 1. The highest BCUT2D eigenvalue weighted by molar-refractivity contribution is 5.92. The maximum Gasteiger partial charge on any atom is 0.270 e. The second-order valence-corrected chi connectivity index (χ2v) is 5.33. The molecule has 2 saturated heterocycles. The van der Waals surface area contributed by atoms with Crippen molar-refractivity contribution in [3.63, 3.8) is 0 Å². The summed E-state index contributed by atoms with van der Waals surface area (Å²) in [5, 5.41) is 2.90. The number of hydrogen-bond donors (Lipinski definition) is 1. The Bertz CT molecular complexity index is 483. The van der Waals surface area contributed by atoms with Gasteiger partial charge < -0.3 is 19.7 Å². The van der Waals surface area contributed by atoms with Crippen LogP contribution in [0.1, 0.15) is 23.3 Å². The van der Waals surface area contributed by atoms with Crippen molar-refractivity contribution in [3.8, 4) is 0 Å². The Morgan fingerprint density at radius 3 is 2.95 bits per heavy atom. The molecule has 1 aromatic heterocycles. The summed E-state index contributed by atoms with van der Waals surface area (Å²) in [6.45, 7) is 4.39. The molecule has 21 heavy (non-hydrogen) atoms. The van der Waals surface area contributed by atoms with Gasteiger partial charge in [-0.15, -0.1) is 0 Å². The number of carbonyl (C=O) groups is 1. The smallest absolute Gasteiger partial charge is 0.270 e. The van der Waals surface area contributed by atoms with Gasteiger partial charge in [0.15, 0.2) is 0 Å². The summed E-state index contributed by atoms with van der Waals surface area (Å²) >= 11 is 0. The molecule has 1 N–H and O–H groups in total. The van der Waals surface area contributed by atoms with Crippen molar-refractivity contribution in [3.05, 3.63) is 23.9 Å². The molecule has 1 unspecified atom stereocenters. The summed E-state index contributed by atoms with van der Waals surface area (Å²) in [6, 6.07) is 5.55. The maximum atomic E-state index is 12.2. The van der Waals surface area contributed by atoms with E-state index in [1.165, 1.54) is 0 Å². The van der Waals surface area contributed by atoms with Crippen LogP contribution in [0.4, 0.5) is 5.82 Å². The first-order valence-electron chi connectivity index (χ1n) is 7.52. The van der Waals surface area contributed by atoms with Gasteiger partial charge in [-0.05, 0) is 25.0 Å². The monoisotopic (exact) mass is 291 g/mol. The lowest BCUT2D eigenvalue weighted by atomic mass is 10.2. The minimum Gasteiger partial charge on any atom is -0.378 e. The van der Waals surface area contributed by atoms with E-state index in [2.05, 4.69) is 15.2 Å². The molecular formula is C15H21N3O3. The van der Waals surface area contributed by atoms with Crippen LogP contribution in [0.2, 0.25) is 0 Å². The van der Waals surface area contributed by atoms with E-state index in [9.17, 15) is 4.79 Å². The third kappa shape index (κ3) is 3.71. The van der Waals surface area contributed by atoms with Gasteiger partial charge in [0.2, 0.25) is 0 Å². The lowest BCUT2D eigenvalue weighted by Gasteiger charge is -2.27. The Morgan fingerprint density at radius 1 is 1.33 bits per heavy atom. The Balaban J connectivity index is 1.60. The van der Waals surface area contributed by atoms with E-state index < -0.39 is 0 Å². The van der Waals surface area contributed by atoms with E-state index in [1.54, 1.807) is 6.07 Å².